The minimum atomic E-state index is 0.0988. The normalized spacial score (nSPS) is 19.5. The number of hydrogen-bond donors (Lipinski definition) is 1. The molecule has 0 spiro atoms. The predicted molar refractivity (Wildman–Crippen MR) is 74.7 cm³/mol. The summed E-state index contributed by atoms with van der Waals surface area (Å²) < 4.78 is 5.47. The molecular formula is C15H24N2O. The summed E-state index contributed by atoms with van der Waals surface area (Å²) in [7, 11) is 0. The maximum Gasteiger partial charge on any atom is 0.0593 e. The van der Waals surface area contributed by atoms with Crippen LogP contribution < -0.4 is 5.73 Å². The van der Waals surface area contributed by atoms with Gasteiger partial charge in [-0.2, -0.15) is 0 Å². The van der Waals surface area contributed by atoms with E-state index in [1.807, 2.05) is 0 Å². The van der Waals surface area contributed by atoms with Crippen molar-refractivity contribution in [2.45, 2.75) is 26.3 Å². The Bertz CT molecular complexity index is 364. The molecule has 1 aliphatic rings. The number of aryl methyl sites for hydroxylation is 2. The molecule has 1 heterocycles. The molecule has 18 heavy (non-hydrogen) atoms. The molecule has 0 bridgehead atoms. The van der Waals surface area contributed by atoms with Crippen molar-refractivity contribution in [2.24, 2.45) is 5.73 Å². The molecule has 1 atom stereocenters. The average Bonchev–Trinajstić information content (AvgIpc) is 2.56. The van der Waals surface area contributed by atoms with E-state index in [0.717, 1.165) is 39.3 Å². The summed E-state index contributed by atoms with van der Waals surface area (Å²) in [5, 5.41) is 0. The summed E-state index contributed by atoms with van der Waals surface area (Å²) in [6.07, 6.45) is 1.11. The van der Waals surface area contributed by atoms with Gasteiger partial charge >= 0.3 is 0 Å². The number of rotatable bonds is 3. The summed E-state index contributed by atoms with van der Waals surface area (Å²) >= 11 is 0. The summed E-state index contributed by atoms with van der Waals surface area (Å²) in [6.45, 7) is 8.99. The highest BCUT2D eigenvalue weighted by atomic mass is 16.5. The number of benzene rings is 1. The first kappa shape index (κ1) is 13.5. The first-order valence-corrected chi connectivity index (χ1v) is 6.79. The highest BCUT2D eigenvalue weighted by Gasteiger charge is 2.14. The Hall–Kier alpha value is -0.900. The van der Waals surface area contributed by atoms with Gasteiger partial charge in [0, 0.05) is 32.3 Å². The lowest BCUT2D eigenvalue weighted by molar-refractivity contribution is 0.140. The van der Waals surface area contributed by atoms with Gasteiger partial charge < -0.3 is 10.5 Å². The fraction of sp³-hybridized carbons (Fsp3) is 0.600. The van der Waals surface area contributed by atoms with Crippen molar-refractivity contribution in [3.05, 3.63) is 34.9 Å². The van der Waals surface area contributed by atoms with Crippen molar-refractivity contribution >= 4 is 0 Å². The Morgan fingerprint density at radius 1 is 1.17 bits per heavy atom. The maximum atomic E-state index is 6.33. The molecule has 100 valence electrons. The number of hydrogen-bond acceptors (Lipinski definition) is 3. The van der Waals surface area contributed by atoms with E-state index >= 15 is 0 Å². The highest BCUT2D eigenvalue weighted by Crippen LogP contribution is 2.16. The fourth-order valence-electron chi connectivity index (χ4n) is 2.59. The van der Waals surface area contributed by atoms with E-state index in [9.17, 15) is 0 Å². The molecule has 0 aliphatic carbocycles. The number of ether oxygens (including phenoxy) is 1. The lowest BCUT2D eigenvalue weighted by Crippen LogP contribution is -2.34. The number of nitrogens with zero attached hydrogens (tertiary/aromatic N) is 1. The van der Waals surface area contributed by atoms with Crippen LogP contribution in [0.1, 0.15) is 29.2 Å². The van der Waals surface area contributed by atoms with Crippen LogP contribution in [0.4, 0.5) is 0 Å². The summed E-state index contributed by atoms with van der Waals surface area (Å²) in [5.74, 6) is 0. The van der Waals surface area contributed by atoms with Crippen LogP contribution in [0.5, 0.6) is 0 Å². The zero-order chi connectivity index (χ0) is 13.0. The van der Waals surface area contributed by atoms with Gasteiger partial charge in [-0.05, 0) is 25.8 Å². The smallest absolute Gasteiger partial charge is 0.0593 e. The van der Waals surface area contributed by atoms with E-state index in [-0.39, 0.29) is 6.04 Å². The van der Waals surface area contributed by atoms with E-state index in [1.165, 1.54) is 16.7 Å². The maximum absolute atomic E-state index is 6.33. The van der Waals surface area contributed by atoms with Crippen LogP contribution in [0.2, 0.25) is 0 Å². The minimum absolute atomic E-state index is 0.0988. The lowest BCUT2D eigenvalue weighted by Gasteiger charge is -2.24. The largest absolute Gasteiger partial charge is 0.380 e. The van der Waals surface area contributed by atoms with E-state index in [1.54, 1.807) is 0 Å². The third-order valence-electron chi connectivity index (χ3n) is 3.44. The van der Waals surface area contributed by atoms with Crippen LogP contribution >= 0.6 is 0 Å². The van der Waals surface area contributed by atoms with Gasteiger partial charge in [0.25, 0.3) is 0 Å². The molecule has 0 radical (unpaired) electrons. The monoisotopic (exact) mass is 248 g/mol. The van der Waals surface area contributed by atoms with Gasteiger partial charge in [0.15, 0.2) is 0 Å². The van der Waals surface area contributed by atoms with Crippen LogP contribution in [-0.4, -0.2) is 37.7 Å². The summed E-state index contributed by atoms with van der Waals surface area (Å²) in [5.41, 5.74) is 10.2. The van der Waals surface area contributed by atoms with Gasteiger partial charge in [0.1, 0.15) is 0 Å². The molecule has 1 unspecified atom stereocenters. The first-order chi connectivity index (χ1) is 8.65. The van der Waals surface area contributed by atoms with Gasteiger partial charge in [-0.1, -0.05) is 29.3 Å². The van der Waals surface area contributed by atoms with E-state index in [4.69, 9.17) is 10.5 Å². The summed E-state index contributed by atoms with van der Waals surface area (Å²) in [6, 6.07) is 6.69. The van der Waals surface area contributed by atoms with Crippen LogP contribution in [0.25, 0.3) is 0 Å². The van der Waals surface area contributed by atoms with Crippen LogP contribution in [-0.2, 0) is 4.74 Å². The Balaban J connectivity index is 1.99. The van der Waals surface area contributed by atoms with E-state index < -0.39 is 0 Å². The Morgan fingerprint density at radius 2 is 1.89 bits per heavy atom. The quantitative estimate of drug-likeness (QED) is 0.889. The van der Waals surface area contributed by atoms with Gasteiger partial charge in [0.2, 0.25) is 0 Å². The van der Waals surface area contributed by atoms with Gasteiger partial charge in [-0.15, -0.1) is 0 Å². The molecule has 2 N–H and O–H groups in total. The molecule has 1 aromatic rings. The molecule has 0 amide bonds. The molecule has 1 saturated heterocycles. The Labute approximate surface area is 110 Å². The number of nitrogens with two attached hydrogens (primary N) is 1. The molecule has 1 fully saturated rings. The van der Waals surface area contributed by atoms with Crippen molar-refractivity contribution < 1.29 is 4.74 Å². The average molecular weight is 248 g/mol. The lowest BCUT2D eigenvalue weighted by atomic mass is 10.0. The molecular weight excluding hydrogens is 224 g/mol. The molecule has 0 saturated carbocycles. The van der Waals surface area contributed by atoms with Crippen molar-refractivity contribution in [3.63, 3.8) is 0 Å². The second kappa shape index (κ2) is 6.32. The van der Waals surface area contributed by atoms with Crippen molar-refractivity contribution in [1.82, 2.24) is 4.90 Å². The van der Waals surface area contributed by atoms with Gasteiger partial charge in [-0.25, -0.2) is 0 Å². The molecule has 1 aromatic carbocycles. The fourth-order valence-corrected chi connectivity index (χ4v) is 2.59. The van der Waals surface area contributed by atoms with E-state index in [2.05, 4.69) is 36.9 Å². The van der Waals surface area contributed by atoms with Crippen molar-refractivity contribution in [1.29, 1.82) is 0 Å². The van der Waals surface area contributed by atoms with Crippen molar-refractivity contribution in [3.8, 4) is 0 Å². The van der Waals surface area contributed by atoms with Gasteiger partial charge in [-0.3, -0.25) is 4.90 Å². The van der Waals surface area contributed by atoms with Gasteiger partial charge in [0.05, 0.1) is 6.61 Å². The van der Waals surface area contributed by atoms with Crippen molar-refractivity contribution in [2.75, 3.05) is 32.8 Å². The van der Waals surface area contributed by atoms with Crippen LogP contribution in [0.3, 0.4) is 0 Å². The van der Waals surface area contributed by atoms with E-state index in [0.29, 0.717) is 0 Å². The molecule has 1 aliphatic heterocycles. The Morgan fingerprint density at radius 3 is 2.61 bits per heavy atom. The topological polar surface area (TPSA) is 38.5 Å². The SMILES string of the molecule is Cc1cc(C)cc(C(N)CN2CCCOCC2)c1. The second-order valence-electron chi connectivity index (χ2n) is 5.29. The second-order valence-corrected chi connectivity index (χ2v) is 5.29. The third kappa shape index (κ3) is 3.80. The first-order valence-electron chi connectivity index (χ1n) is 6.79. The molecule has 2 rings (SSSR count). The predicted octanol–water partition coefficient (Wildman–Crippen LogP) is 2.03. The minimum Gasteiger partial charge on any atom is -0.380 e. The highest BCUT2D eigenvalue weighted by molar-refractivity contribution is 5.30. The standard InChI is InChI=1S/C15H24N2O/c1-12-8-13(2)10-14(9-12)15(16)11-17-4-3-6-18-7-5-17/h8-10,15H,3-7,11,16H2,1-2H3. The summed E-state index contributed by atoms with van der Waals surface area (Å²) in [4.78, 5) is 2.41. The molecule has 3 nitrogen and oxygen atoms in total. The third-order valence-corrected chi connectivity index (χ3v) is 3.44. The zero-order valence-electron chi connectivity index (χ0n) is 11.5. The Kier molecular flexibility index (Phi) is 4.75. The van der Waals surface area contributed by atoms with Crippen LogP contribution in [0.15, 0.2) is 18.2 Å². The molecule has 3 heteroatoms. The van der Waals surface area contributed by atoms with Crippen LogP contribution in [0, 0.1) is 13.8 Å². The zero-order valence-corrected chi connectivity index (χ0v) is 11.5. The molecule has 0 aromatic heterocycles.